The summed E-state index contributed by atoms with van der Waals surface area (Å²) in [4.78, 5) is 12.1. The van der Waals surface area contributed by atoms with Gasteiger partial charge in [0, 0.05) is 17.1 Å². The van der Waals surface area contributed by atoms with E-state index in [9.17, 15) is 4.79 Å². The molecule has 0 bridgehead atoms. The van der Waals surface area contributed by atoms with E-state index >= 15 is 0 Å². The highest BCUT2D eigenvalue weighted by atomic mass is 16.1. The lowest BCUT2D eigenvalue weighted by atomic mass is 10.1. The molecule has 0 saturated carbocycles. The molecular weight excluding hydrogens is 186 g/mol. The molecule has 2 aromatic heterocycles. The highest BCUT2D eigenvalue weighted by molar-refractivity contribution is 5.85. The van der Waals surface area contributed by atoms with E-state index in [4.69, 9.17) is 0 Å². The maximum absolute atomic E-state index is 12.1. The van der Waals surface area contributed by atoms with Crippen molar-refractivity contribution in [1.29, 1.82) is 0 Å². The maximum atomic E-state index is 12.1. The summed E-state index contributed by atoms with van der Waals surface area (Å²) in [6.07, 6.45) is 1.80. The Hall–Kier alpha value is -2.09. The van der Waals surface area contributed by atoms with E-state index in [0.29, 0.717) is 0 Å². The topological polar surface area (TPSA) is 21.5 Å². The average Bonchev–Trinajstić information content (AvgIpc) is 2.30. The van der Waals surface area contributed by atoms with Gasteiger partial charge in [-0.2, -0.15) is 0 Å². The van der Waals surface area contributed by atoms with Gasteiger partial charge >= 0.3 is 0 Å². The molecule has 2 nitrogen and oxygen atoms in total. The molecule has 2 heterocycles. The van der Waals surface area contributed by atoms with Crippen LogP contribution < -0.4 is 5.56 Å². The van der Waals surface area contributed by atoms with Crippen LogP contribution in [0.5, 0.6) is 0 Å². The van der Waals surface area contributed by atoms with Gasteiger partial charge in [0.2, 0.25) is 0 Å². The number of pyridine rings is 2. The summed E-state index contributed by atoms with van der Waals surface area (Å²) in [5, 5.41) is 1.76. The molecule has 3 aromatic rings. The number of rotatable bonds is 0. The van der Waals surface area contributed by atoms with Crippen molar-refractivity contribution in [3.63, 3.8) is 0 Å². The molecular formula is C13H9NO. The third-order valence-electron chi connectivity index (χ3n) is 2.60. The second kappa shape index (κ2) is 2.95. The smallest absolute Gasteiger partial charge is 0.262 e. The predicted molar refractivity (Wildman–Crippen MR) is 61.2 cm³/mol. The predicted octanol–water partition coefficient (Wildman–Crippen LogP) is 2.45. The van der Waals surface area contributed by atoms with Gasteiger partial charge in [-0.1, -0.05) is 24.3 Å². The standard InChI is InChI=1S/C13H9NO/c15-13-12-7-2-1-5-10(12)9-11-6-3-4-8-14(11)13/h1-9H. The third kappa shape index (κ3) is 1.15. The van der Waals surface area contributed by atoms with Crippen LogP contribution in [-0.4, -0.2) is 4.40 Å². The first-order valence-corrected chi connectivity index (χ1v) is 4.85. The van der Waals surface area contributed by atoms with Crippen LogP contribution >= 0.6 is 0 Å². The molecule has 0 saturated heterocycles. The maximum Gasteiger partial charge on any atom is 0.262 e. The van der Waals surface area contributed by atoms with Crippen molar-refractivity contribution < 1.29 is 0 Å². The van der Waals surface area contributed by atoms with Crippen LogP contribution in [0.3, 0.4) is 0 Å². The normalized spacial score (nSPS) is 10.9. The Morgan fingerprint density at radius 2 is 1.73 bits per heavy atom. The monoisotopic (exact) mass is 195 g/mol. The van der Waals surface area contributed by atoms with Crippen molar-refractivity contribution in [2.75, 3.05) is 0 Å². The van der Waals surface area contributed by atoms with E-state index in [1.54, 1.807) is 10.6 Å². The molecule has 15 heavy (non-hydrogen) atoms. The first kappa shape index (κ1) is 8.24. The van der Waals surface area contributed by atoms with Crippen LogP contribution in [0.2, 0.25) is 0 Å². The number of benzene rings is 1. The number of hydrogen-bond donors (Lipinski definition) is 0. The van der Waals surface area contributed by atoms with Crippen molar-refractivity contribution in [1.82, 2.24) is 4.40 Å². The van der Waals surface area contributed by atoms with Crippen LogP contribution in [0.15, 0.2) is 59.5 Å². The SMILES string of the molecule is O=c1c2ccccc2cc2ccccn12. The van der Waals surface area contributed by atoms with Crippen molar-refractivity contribution in [3.05, 3.63) is 65.1 Å². The lowest BCUT2D eigenvalue weighted by Gasteiger charge is -2.02. The zero-order chi connectivity index (χ0) is 10.3. The highest BCUT2D eigenvalue weighted by Gasteiger charge is 2.00. The van der Waals surface area contributed by atoms with Crippen molar-refractivity contribution in [3.8, 4) is 0 Å². The minimum atomic E-state index is 0.0451. The zero-order valence-corrected chi connectivity index (χ0v) is 8.05. The molecule has 0 aliphatic rings. The van der Waals surface area contributed by atoms with Crippen LogP contribution in [0.1, 0.15) is 0 Å². The number of fused-ring (bicyclic) bond motifs is 2. The summed E-state index contributed by atoms with van der Waals surface area (Å²) in [5.74, 6) is 0. The average molecular weight is 195 g/mol. The van der Waals surface area contributed by atoms with Crippen LogP contribution in [0.25, 0.3) is 16.3 Å². The molecule has 0 amide bonds. The molecule has 0 aliphatic carbocycles. The van der Waals surface area contributed by atoms with E-state index in [2.05, 4.69) is 0 Å². The molecule has 0 fully saturated rings. The van der Waals surface area contributed by atoms with Gasteiger partial charge < -0.3 is 0 Å². The largest absolute Gasteiger partial charge is 0.284 e. The van der Waals surface area contributed by atoms with E-state index in [0.717, 1.165) is 16.3 Å². The first-order chi connectivity index (χ1) is 7.36. The fourth-order valence-electron chi connectivity index (χ4n) is 1.87. The minimum Gasteiger partial charge on any atom is -0.284 e. The molecule has 0 radical (unpaired) electrons. The van der Waals surface area contributed by atoms with Crippen LogP contribution in [0, 0.1) is 0 Å². The quantitative estimate of drug-likeness (QED) is 0.505. The summed E-state index contributed by atoms with van der Waals surface area (Å²) in [6, 6.07) is 15.4. The Morgan fingerprint density at radius 1 is 0.933 bits per heavy atom. The Balaban J connectivity index is 2.66. The second-order valence-corrected chi connectivity index (χ2v) is 3.53. The van der Waals surface area contributed by atoms with Crippen molar-refractivity contribution in [2.24, 2.45) is 0 Å². The van der Waals surface area contributed by atoms with E-state index in [-0.39, 0.29) is 5.56 Å². The minimum absolute atomic E-state index is 0.0451. The molecule has 0 unspecified atom stereocenters. The molecule has 1 aromatic carbocycles. The van der Waals surface area contributed by atoms with Gasteiger partial charge in [0.15, 0.2) is 0 Å². The Morgan fingerprint density at radius 3 is 2.67 bits per heavy atom. The van der Waals surface area contributed by atoms with Gasteiger partial charge in [0.25, 0.3) is 5.56 Å². The van der Waals surface area contributed by atoms with Gasteiger partial charge in [0.05, 0.1) is 0 Å². The second-order valence-electron chi connectivity index (χ2n) is 3.53. The summed E-state index contributed by atoms with van der Waals surface area (Å²) < 4.78 is 1.67. The highest BCUT2D eigenvalue weighted by Crippen LogP contribution is 2.12. The van der Waals surface area contributed by atoms with Crippen molar-refractivity contribution in [2.45, 2.75) is 0 Å². The van der Waals surface area contributed by atoms with Crippen molar-refractivity contribution >= 4 is 16.3 Å². The Kier molecular flexibility index (Phi) is 1.62. The fraction of sp³-hybridized carbons (Fsp3) is 0. The number of nitrogens with zero attached hydrogens (tertiary/aromatic N) is 1. The summed E-state index contributed by atoms with van der Waals surface area (Å²) in [6.45, 7) is 0. The first-order valence-electron chi connectivity index (χ1n) is 4.85. The molecule has 0 aliphatic heterocycles. The summed E-state index contributed by atoms with van der Waals surface area (Å²) in [7, 11) is 0. The van der Waals surface area contributed by atoms with Gasteiger partial charge in [-0.3, -0.25) is 9.20 Å². The molecule has 2 heteroatoms. The van der Waals surface area contributed by atoms with Crippen LogP contribution in [-0.2, 0) is 0 Å². The molecule has 72 valence electrons. The fourth-order valence-corrected chi connectivity index (χ4v) is 1.87. The molecule has 0 spiro atoms. The van der Waals surface area contributed by atoms with E-state index in [1.165, 1.54) is 0 Å². The Labute approximate surface area is 86.4 Å². The summed E-state index contributed by atoms with van der Waals surface area (Å²) >= 11 is 0. The van der Waals surface area contributed by atoms with Crippen LogP contribution in [0.4, 0.5) is 0 Å². The third-order valence-corrected chi connectivity index (χ3v) is 2.60. The van der Waals surface area contributed by atoms with E-state index < -0.39 is 0 Å². The van der Waals surface area contributed by atoms with Gasteiger partial charge in [-0.15, -0.1) is 0 Å². The molecule has 0 N–H and O–H groups in total. The lowest BCUT2D eigenvalue weighted by molar-refractivity contribution is 1.12. The summed E-state index contributed by atoms with van der Waals surface area (Å²) in [5.41, 5.74) is 0.977. The van der Waals surface area contributed by atoms with Gasteiger partial charge in [0.1, 0.15) is 0 Å². The number of hydrogen-bond acceptors (Lipinski definition) is 1. The van der Waals surface area contributed by atoms with Gasteiger partial charge in [-0.25, -0.2) is 0 Å². The molecule has 3 rings (SSSR count). The Bertz CT molecular complexity index is 640. The number of aromatic nitrogens is 1. The van der Waals surface area contributed by atoms with Gasteiger partial charge in [-0.05, 0) is 29.7 Å². The lowest BCUT2D eigenvalue weighted by Crippen LogP contribution is -2.12. The zero-order valence-electron chi connectivity index (χ0n) is 8.05. The molecule has 0 atom stereocenters. The van der Waals surface area contributed by atoms with E-state index in [1.807, 2.05) is 48.5 Å².